The van der Waals surface area contributed by atoms with E-state index in [1.807, 2.05) is 34.6 Å². The van der Waals surface area contributed by atoms with E-state index < -0.39 is 18.0 Å². The Morgan fingerprint density at radius 2 is 1.80 bits per heavy atom. The number of rotatable bonds is 10. The Bertz CT molecular complexity index is 1320. The number of carboxylic acids is 1. The molecule has 0 aliphatic carbocycles. The number of ketones is 1. The van der Waals surface area contributed by atoms with Gasteiger partial charge in [-0.1, -0.05) is 20.8 Å². The summed E-state index contributed by atoms with van der Waals surface area (Å²) in [4.78, 5) is 40.7. The van der Waals surface area contributed by atoms with Crippen molar-refractivity contribution in [2.24, 2.45) is 0 Å². The Morgan fingerprint density at radius 1 is 1.15 bits per heavy atom. The number of hydrogen-bond donors (Lipinski definition) is 3. The van der Waals surface area contributed by atoms with E-state index in [0.29, 0.717) is 46.0 Å². The second-order valence-electron chi connectivity index (χ2n) is 11.1. The molecule has 2 aromatic carbocycles. The molecule has 1 heterocycles. The predicted molar refractivity (Wildman–Crippen MR) is 160 cm³/mol. The molecule has 218 valence electrons. The van der Waals surface area contributed by atoms with Crippen LogP contribution in [0.1, 0.15) is 72.0 Å². The lowest BCUT2D eigenvalue weighted by Crippen LogP contribution is -2.31. The Morgan fingerprint density at radius 3 is 2.33 bits per heavy atom. The summed E-state index contributed by atoms with van der Waals surface area (Å²) in [6, 6.07) is 6.86. The summed E-state index contributed by atoms with van der Waals surface area (Å²) in [5, 5.41) is 20.5. The Kier molecular flexibility index (Phi) is 10.4. The van der Waals surface area contributed by atoms with Crippen molar-refractivity contribution >= 4 is 46.2 Å². The third-order valence-corrected chi connectivity index (χ3v) is 6.33. The first-order valence-corrected chi connectivity index (χ1v) is 12.8. The van der Waals surface area contributed by atoms with Gasteiger partial charge in [0, 0.05) is 44.4 Å². The zero-order valence-corrected chi connectivity index (χ0v) is 26.0. The van der Waals surface area contributed by atoms with Gasteiger partial charge in [-0.15, -0.1) is 17.0 Å². The number of ether oxygens (including phenoxy) is 2. The van der Waals surface area contributed by atoms with Crippen LogP contribution in [0.2, 0.25) is 0 Å². The number of benzene rings is 2. The maximum atomic E-state index is 13.6. The number of aliphatic carboxylic acids is 1. The number of nitrogens with one attached hydrogen (secondary N) is 2. The number of Topliss-reactive ketones (excluding diaryl/α,β-unsaturated/α-hetero) is 1. The topological polar surface area (TPSA) is 132 Å². The van der Waals surface area contributed by atoms with Gasteiger partial charge in [-0.3, -0.25) is 15.0 Å². The van der Waals surface area contributed by atoms with E-state index in [0.717, 1.165) is 5.56 Å². The van der Waals surface area contributed by atoms with Gasteiger partial charge in [0.15, 0.2) is 12.4 Å². The Balaban J connectivity index is 0.00000560. The van der Waals surface area contributed by atoms with Crippen LogP contribution in [0.3, 0.4) is 0 Å². The molecule has 10 nitrogen and oxygen atoms in total. The average molecular weight is 620 g/mol. The van der Waals surface area contributed by atoms with E-state index in [-0.39, 0.29) is 47.2 Å². The maximum Gasteiger partial charge on any atom is 0.341 e. The molecule has 3 rings (SSSR count). The van der Waals surface area contributed by atoms with Gasteiger partial charge >= 0.3 is 5.97 Å². The smallest absolute Gasteiger partial charge is 0.341 e. The molecule has 2 aromatic rings. The number of fused-ring (bicyclic) bond motifs is 1. The number of halogens is 1. The molecular formula is C29H39BrN4O6. The van der Waals surface area contributed by atoms with Gasteiger partial charge in [0.2, 0.25) is 0 Å². The molecule has 0 spiro atoms. The molecule has 0 fully saturated rings. The monoisotopic (exact) mass is 618 g/mol. The van der Waals surface area contributed by atoms with Gasteiger partial charge in [0.05, 0.1) is 23.9 Å². The summed E-state index contributed by atoms with van der Waals surface area (Å²) >= 11 is 0. The van der Waals surface area contributed by atoms with Gasteiger partial charge in [-0.05, 0) is 49.1 Å². The molecular weight excluding hydrogens is 580 g/mol. The van der Waals surface area contributed by atoms with Gasteiger partial charge in [0.25, 0.3) is 5.91 Å². The lowest BCUT2D eigenvalue weighted by molar-refractivity contribution is -0.139. The van der Waals surface area contributed by atoms with Crippen LogP contribution in [0.4, 0.5) is 5.69 Å². The first-order chi connectivity index (χ1) is 18.1. The number of carbonyl (C=O) groups excluding carboxylic acids is 2. The van der Waals surface area contributed by atoms with E-state index in [9.17, 15) is 19.5 Å². The van der Waals surface area contributed by atoms with E-state index in [1.54, 1.807) is 48.2 Å². The number of amidine groups is 1. The van der Waals surface area contributed by atoms with Crippen LogP contribution in [-0.4, -0.2) is 73.9 Å². The second-order valence-corrected chi connectivity index (χ2v) is 11.1. The molecule has 0 unspecified atom stereocenters. The van der Waals surface area contributed by atoms with Crippen molar-refractivity contribution in [1.82, 2.24) is 10.2 Å². The molecule has 0 atom stereocenters. The Labute approximate surface area is 245 Å². The van der Waals surface area contributed by atoms with Crippen LogP contribution in [-0.2, 0) is 16.8 Å². The number of anilines is 1. The SMILES string of the molecule is Br.CNC(=O)c1cc2c(cc1OC(C)C)CN(CC(=O)c1cc(N(C)C)c(OCC(=O)O)c(C(C)(C)C)c1)C2=N. The van der Waals surface area contributed by atoms with Gasteiger partial charge in [0.1, 0.15) is 17.3 Å². The summed E-state index contributed by atoms with van der Waals surface area (Å²) in [5.74, 6) is -0.583. The highest BCUT2D eigenvalue weighted by molar-refractivity contribution is 8.93. The third-order valence-electron chi connectivity index (χ3n) is 6.33. The largest absolute Gasteiger partial charge is 0.490 e. The number of carboxylic acid groups (broad SMARTS) is 1. The number of amides is 1. The summed E-state index contributed by atoms with van der Waals surface area (Å²) in [5.41, 5.74) is 3.03. The maximum absolute atomic E-state index is 13.6. The summed E-state index contributed by atoms with van der Waals surface area (Å²) in [7, 11) is 5.14. The van der Waals surface area contributed by atoms with Crippen molar-refractivity contribution < 1.29 is 29.0 Å². The highest BCUT2D eigenvalue weighted by Crippen LogP contribution is 2.40. The summed E-state index contributed by atoms with van der Waals surface area (Å²) in [6.07, 6.45) is -0.143. The minimum atomic E-state index is -1.09. The summed E-state index contributed by atoms with van der Waals surface area (Å²) < 4.78 is 11.6. The Hall–Kier alpha value is -3.60. The second kappa shape index (κ2) is 12.7. The van der Waals surface area contributed by atoms with Crippen molar-refractivity contribution in [2.45, 2.75) is 52.7 Å². The van der Waals surface area contributed by atoms with Crippen molar-refractivity contribution in [1.29, 1.82) is 5.41 Å². The van der Waals surface area contributed by atoms with Crippen molar-refractivity contribution in [2.75, 3.05) is 39.2 Å². The quantitative estimate of drug-likeness (QED) is 0.336. The van der Waals surface area contributed by atoms with Crippen LogP contribution in [0.25, 0.3) is 0 Å². The lowest BCUT2D eigenvalue weighted by Gasteiger charge is -2.28. The normalized spacial score (nSPS) is 12.5. The molecule has 0 aromatic heterocycles. The molecule has 1 amide bonds. The van der Waals surface area contributed by atoms with E-state index in [1.165, 1.54) is 7.05 Å². The fourth-order valence-electron chi connectivity index (χ4n) is 4.44. The minimum Gasteiger partial charge on any atom is -0.490 e. The zero-order valence-electron chi connectivity index (χ0n) is 24.3. The molecule has 1 aliphatic heterocycles. The highest BCUT2D eigenvalue weighted by atomic mass is 79.9. The van der Waals surface area contributed by atoms with Crippen LogP contribution >= 0.6 is 17.0 Å². The molecule has 40 heavy (non-hydrogen) atoms. The molecule has 11 heteroatoms. The fourth-order valence-corrected chi connectivity index (χ4v) is 4.44. The van der Waals surface area contributed by atoms with Crippen molar-refractivity contribution in [3.05, 3.63) is 52.1 Å². The molecule has 0 saturated carbocycles. The molecule has 0 radical (unpaired) electrons. The van der Waals surface area contributed by atoms with Gasteiger partial charge < -0.3 is 29.7 Å². The van der Waals surface area contributed by atoms with Crippen LogP contribution < -0.4 is 19.7 Å². The molecule has 0 saturated heterocycles. The zero-order chi connectivity index (χ0) is 29.2. The van der Waals surface area contributed by atoms with Gasteiger partial charge in [-0.25, -0.2) is 4.79 Å². The van der Waals surface area contributed by atoms with E-state index in [2.05, 4.69) is 5.32 Å². The van der Waals surface area contributed by atoms with E-state index in [4.69, 9.17) is 14.9 Å². The van der Waals surface area contributed by atoms with Crippen molar-refractivity contribution in [3.63, 3.8) is 0 Å². The number of nitrogens with zero attached hydrogens (tertiary/aromatic N) is 2. The van der Waals surface area contributed by atoms with Crippen LogP contribution in [0, 0.1) is 5.41 Å². The average Bonchev–Trinajstić information content (AvgIpc) is 3.13. The molecule has 0 bridgehead atoms. The van der Waals surface area contributed by atoms with Crippen LogP contribution in [0.15, 0.2) is 24.3 Å². The standard InChI is InChI=1S/C29H38N4O6.BrH/c1-16(2)39-24-11-18-13-33(27(30)19(18)12-20(24)28(37)31-6)14-23(34)17-9-21(29(3,4)5)26(38-15-25(35)36)22(10-17)32(7)8;/h9-12,16,30H,13-15H2,1-8H3,(H,31,37)(H,35,36);1H. The summed E-state index contributed by atoms with van der Waals surface area (Å²) in [6.45, 7) is 9.44. The number of hydrogen-bond acceptors (Lipinski definition) is 7. The molecule has 3 N–H and O–H groups in total. The molecule has 1 aliphatic rings. The van der Waals surface area contributed by atoms with E-state index >= 15 is 0 Å². The van der Waals surface area contributed by atoms with Crippen molar-refractivity contribution in [3.8, 4) is 11.5 Å². The first-order valence-electron chi connectivity index (χ1n) is 12.8. The third kappa shape index (κ3) is 7.12. The minimum absolute atomic E-state index is 0. The van der Waals surface area contributed by atoms with Crippen LogP contribution in [0.5, 0.6) is 11.5 Å². The number of carbonyl (C=O) groups is 3. The fraction of sp³-hybridized carbons (Fsp3) is 0.448. The van der Waals surface area contributed by atoms with Gasteiger partial charge in [-0.2, -0.15) is 0 Å². The highest BCUT2D eigenvalue weighted by Gasteiger charge is 2.31. The predicted octanol–water partition coefficient (Wildman–Crippen LogP) is 4.26. The lowest BCUT2D eigenvalue weighted by atomic mass is 9.84. The first kappa shape index (κ1) is 32.6.